The SMILES string of the molecule is NCC1CC(=O)N(c2nc(Cl)c3cc[nH]c3n2)C1. The Morgan fingerprint density at radius 2 is 2.39 bits per heavy atom. The van der Waals surface area contributed by atoms with E-state index in [1.807, 2.05) is 0 Å². The highest BCUT2D eigenvalue weighted by atomic mass is 35.5. The molecule has 94 valence electrons. The van der Waals surface area contributed by atoms with Crippen molar-refractivity contribution < 1.29 is 4.79 Å². The van der Waals surface area contributed by atoms with Gasteiger partial charge in [0.25, 0.3) is 0 Å². The number of halogens is 1. The van der Waals surface area contributed by atoms with Gasteiger partial charge in [0.05, 0.1) is 5.39 Å². The second-order valence-corrected chi connectivity index (χ2v) is 4.72. The highest BCUT2D eigenvalue weighted by Gasteiger charge is 2.31. The number of carbonyl (C=O) groups excluding carboxylic acids is 1. The molecule has 0 aliphatic carbocycles. The smallest absolute Gasteiger partial charge is 0.235 e. The molecule has 1 amide bonds. The van der Waals surface area contributed by atoms with E-state index in [4.69, 9.17) is 17.3 Å². The van der Waals surface area contributed by atoms with Crippen LogP contribution in [0, 0.1) is 5.92 Å². The minimum Gasteiger partial charge on any atom is -0.346 e. The Labute approximate surface area is 108 Å². The Hall–Kier alpha value is -1.66. The molecule has 6 nitrogen and oxygen atoms in total. The van der Waals surface area contributed by atoms with Gasteiger partial charge in [0.15, 0.2) is 0 Å². The Bertz CT molecular complexity index is 610. The number of rotatable bonds is 2. The average molecular weight is 266 g/mol. The maximum Gasteiger partial charge on any atom is 0.235 e. The van der Waals surface area contributed by atoms with Gasteiger partial charge in [-0.15, -0.1) is 0 Å². The standard InChI is InChI=1S/C11H12ClN5O/c12-9-7-1-2-14-10(7)16-11(15-9)17-5-6(4-13)3-8(17)18/h1-2,6H,3-5,13H2,(H,14,15,16). The van der Waals surface area contributed by atoms with E-state index in [2.05, 4.69) is 15.0 Å². The fraction of sp³-hybridized carbons (Fsp3) is 0.364. The first-order valence-electron chi connectivity index (χ1n) is 5.70. The van der Waals surface area contributed by atoms with Gasteiger partial charge in [0.1, 0.15) is 10.8 Å². The summed E-state index contributed by atoms with van der Waals surface area (Å²) in [6, 6.07) is 1.80. The third-order valence-corrected chi connectivity index (χ3v) is 3.43. The van der Waals surface area contributed by atoms with E-state index in [1.54, 1.807) is 17.2 Å². The van der Waals surface area contributed by atoms with Crippen molar-refractivity contribution in [3.63, 3.8) is 0 Å². The predicted molar refractivity (Wildman–Crippen MR) is 68.4 cm³/mol. The number of nitrogens with one attached hydrogen (secondary N) is 1. The Balaban J connectivity index is 2.01. The fourth-order valence-corrected chi connectivity index (χ4v) is 2.37. The van der Waals surface area contributed by atoms with Crippen molar-refractivity contribution in [3.05, 3.63) is 17.4 Å². The van der Waals surface area contributed by atoms with Crippen LogP contribution in [0.3, 0.4) is 0 Å². The minimum atomic E-state index is -0.00702. The normalized spacial score (nSPS) is 20.0. The molecule has 1 saturated heterocycles. The maximum absolute atomic E-state index is 11.9. The van der Waals surface area contributed by atoms with E-state index in [-0.39, 0.29) is 11.8 Å². The number of hydrogen-bond acceptors (Lipinski definition) is 4. The zero-order valence-electron chi connectivity index (χ0n) is 9.56. The van der Waals surface area contributed by atoms with Crippen LogP contribution in [0.1, 0.15) is 6.42 Å². The quantitative estimate of drug-likeness (QED) is 0.791. The molecule has 0 saturated carbocycles. The summed E-state index contributed by atoms with van der Waals surface area (Å²) in [5.74, 6) is 0.502. The lowest BCUT2D eigenvalue weighted by atomic mass is 10.1. The summed E-state index contributed by atoms with van der Waals surface area (Å²) >= 11 is 6.07. The molecule has 18 heavy (non-hydrogen) atoms. The summed E-state index contributed by atoms with van der Waals surface area (Å²) in [6.45, 7) is 1.04. The van der Waals surface area contributed by atoms with Gasteiger partial charge in [-0.3, -0.25) is 9.69 Å². The summed E-state index contributed by atoms with van der Waals surface area (Å²) in [5, 5.41) is 1.10. The van der Waals surface area contributed by atoms with Crippen LogP contribution in [0.25, 0.3) is 11.0 Å². The first-order valence-corrected chi connectivity index (χ1v) is 6.08. The molecular formula is C11H12ClN5O. The molecule has 3 heterocycles. The van der Waals surface area contributed by atoms with E-state index in [1.165, 1.54) is 0 Å². The summed E-state index contributed by atoms with van der Waals surface area (Å²) in [4.78, 5) is 24.9. The van der Waals surface area contributed by atoms with E-state index < -0.39 is 0 Å². The first kappa shape index (κ1) is 11.4. The molecule has 2 aromatic rings. The molecule has 0 bridgehead atoms. The van der Waals surface area contributed by atoms with Crippen LogP contribution in [0.4, 0.5) is 5.95 Å². The molecular weight excluding hydrogens is 254 g/mol. The molecule has 1 fully saturated rings. The van der Waals surface area contributed by atoms with Crippen molar-refractivity contribution in [1.82, 2.24) is 15.0 Å². The van der Waals surface area contributed by atoms with E-state index >= 15 is 0 Å². The molecule has 7 heteroatoms. The molecule has 2 aromatic heterocycles. The van der Waals surface area contributed by atoms with Gasteiger partial charge in [-0.25, -0.2) is 0 Å². The van der Waals surface area contributed by atoms with Gasteiger partial charge in [0, 0.05) is 19.2 Å². The third kappa shape index (κ3) is 1.74. The van der Waals surface area contributed by atoms with E-state index in [9.17, 15) is 4.79 Å². The third-order valence-electron chi connectivity index (χ3n) is 3.14. The number of nitrogens with zero attached hydrogens (tertiary/aromatic N) is 3. The molecule has 0 spiro atoms. The van der Waals surface area contributed by atoms with Crippen LogP contribution in [0.15, 0.2) is 12.3 Å². The summed E-state index contributed by atoms with van der Waals surface area (Å²) < 4.78 is 0. The number of anilines is 1. The van der Waals surface area contributed by atoms with Crippen LogP contribution in [-0.4, -0.2) is 33.9 Å². The van der Waals surface area contributed by atoms with Crippen molar-refractivity contribution in [1.29, 1.82) is 0 Å². The molecule has 0 radical (unpaired) electrons. The van der Waals surface area contributed by atoms with Crippen LogP contribution < -0.4 is 10.6 Å². The van der Waals surface area contributed by atoms with Crippen LogP contribution in [0.5, 0.6) is 0 Å². The van der Waals surface area contributed by atoms with Crippen LogP contribution in [-0.2, 0) is 4.79 Å². The Morgan fingerprint density at radius 3 is 3.11 bits per heavy atom. The number of amides is 1. The highest BCUT2D eigenvalue weighted by Crippen LogP contribution is 2.26. The summed E-state index contributed by atoms with van der Waals surface area (Å²) in [5.41, 5.74) is 6.22. The number of aromatic nitrogens is 3. The van der Waals surface area contributed by atoms with Crippen molar-refractivity contribution in [3.8, 4) is 0 Å². The zero-order valence-corrected chi connectivity index (χ0v) is 10.3. The van der Waals surface area contributed by atoms with Gasteiger partial charge < -0.3 is 10.7 Å². The van der Waals surface area contributed by atoms with Crippen molar-refractivity contribution in [2.24, 2.45) is 11.7 Å². The Morgan fingerprint density at radius 1 is 1.56 bits per heavy atom. The molecule has 3 N–H and O–H groups in total. The van der Waals surface area contributed by atoms with Gasteiger partial charge in [-0.2, -0.15) is 9.97 Å². The van der Waals surface area contributed by atoms with Gasteiger partial charge in [-0.1, -0.05) is 11.6 Å². The number of carbonyl (C=O) groups is 1. The first-order chi connectivity index (χ1) is 8.69. The molecule has 1 unspecified atom stereocenters. The largest absolute Gasteiger partial charge is 0.346 e. The van der Waals surface area contributed by atoms with E-state index in [0.29, 0.717) is 36.3 Å². The lowest BCUT2D eigenvalue weighted by Gasteiger charge is -2.14. The zero-order chi connectivity index (χ0) is 12.7. The monoisotopic (exact) mass is 265 g/mol. The molecule has 0 aromatic carbocycles. The molecule has 3 rings (SSSR count). The number of hydrogen-bond donors (Lipinski definition) is 2. The maximum atomic E-state index is 11.9. The number of nitrogens with two attached hydrogens (primary N) is 1. The van der Waals surface area contributed by atoms with Crippen molar-refractivity contribution in [2.45, 2.75) is 6.42 Å². The Kier molecular flexibility index (Phi) is 2.68. The van der Waals surface area contributed by atoms with Crippen molar-refractivity contribution in [2.75, 3.05) is 18.0 Å². The highest BCUT2D eigenvalue weighted by molar-refractivity contribution is 6.34. The molecule has 1 aliphatic heterocycles. The molecule has 1 atom stereocenters. The second-order valence-electron chi connectivity index (χ2n) is 4.36. The number of aromatic amines is 1. The summed E-state index contributed by atoms with van der Waals surface area (Å²) in [7, 11) is 0. The van der Waals surface area contributed by atoms with Gasteiger partial charge >= 0.3 is 0 Å². The minimum absolute atomic E-state index is 0.00702. The predicted octanol–water partition coefficient (Wildman–Crippen LogP) is 0.923. The van der Waals surface area contributed by atoms with Gasteiger partial charge in [-0.05, 0) is 18.5 Å². The average Bonchev–Trinajstić information content (AvgIpc) is 2.95. The second kappa shape index (κ2) is 4.22. The number of fused-ring (bicyclic) bond motifs is 1. The van der Waals surface area contributed by atoms with Crippen LogP contribution in [0.2, 0.25) is 5.15 Å². The van der Waals surface area contributed by atoms with Crippen LogP contribution >= 0.6 is 11.6 Å². The van der Waals surface area contributed by atoms with E-state index in [0.717, 1.165) is 5.39 Å². The fourth-order valence-electron chi connectivity index (χ4n) is 2.15. The summed E-state index contributed by atoms with van der Waals surface area (Å²) in [6.07, 6.45) is 2.18. The topological polar surface area (TPSA) is 87.9 Å². The lowest BCUT2D eigenvalue weighted by Crippen LogP contribution is -2.27. The number of H-pyrrole nitrogens is 1. The lowest BCUT2D eigenvalue weighted by molar-refractivity contribution is -0.117. The molecule has 1 aliphatic rings. The van der Waals surface area contributed by atoms with Crippen molar-refractivity contribution >= 4 is 34.5 Å². The van der Waals surface area contributed by atoms with Gasteiger partial charge in [0.2, 0.25) is 11.9 Å².